The van der Waals surface area contributed by atoms with Gasteiger partial charge in [-0.15, -0.1) is 0 Å². The minimum atomic E-state index is -1.20. The highest BCUT2D eigenvalue weighted by molar-refractivity contribution is 6.47. The van der Waals surface area contributed by atoms with E-state index in [2.05, 4.69) is 0 Å². The Hall–Kier alpha value is -1.53. The minimum Gasteiger partial charge on any atom is -0.535 e. The smallest absolute Gasteiger partial charge is 0.526 e. The number of rotatable bonds is 5. The summed E-state index contributed by atoms with van der Waals surface area (Å²) >= 11 is 6.04. The highest BCUT2D eigenvalue weighted by Crippen LogP contribution is 2.40. The summed E-state index contributed by atoms with van der Waals surface area (Å²) in [5.74, 6) is -1.39. The largest absolute Gasteiger partial charge is 0.535 e. The number of ketones is 1. The second-order valence-corrected chi connectivity index (χ2v) is 6.02. The van der Waals surface area contributed by atoms with Gasteiger partial charge in [-0.3, -0.25) is 4.79 Å². The van der Waals surface area contributed by atoms with Gasteiger partial charge in [0.2, 0.25) is 0 Å². The lowest BCUT2D eigenvalue weighted by molar-refractivity contribution is -0.119. The molecule has 1 atom stereocenters. The van der Waals surface area contributed by atoms with E-state index in [1.807, 2.05) is 6.92 Å². The quantitative estimate of drug-likeness (QED) is 0.814. The number of carbonyl (C=O) groups excluding carboxylic acids is 1. The van der Waals surface area contributed by atoms with Crippen molar-refractivity contribution < 1.29 is 24.4 Å². The van der Waals surface area contributed by atoms with E-state index in [-0.39, 0.29) is 34.4 Å². The van der Waals surface area contributed by atoms with Gasteiger partial charge in [0.05, 0.1) is 5.02 Å². The summed E-state index contributed by atoms with van der Waals surface area (Å²) < 4.78 is 5.39. The molecule has 0 unspecified atom stereocenters. The average Bonchev–Trinajstić information content (AvgIpc) is 2.42. The summed E-state index contributed by atoms with van der Waals surface area (Å²) in [6.45, 7) is 3.64. The van der Waals surface area contributed by atoms with Gasteiger partial charge < -0.3 is 14.8 Å². The third-order valence-corrected chi connectivity index (χ3v) is 4.32. The number of hydrogen-bond donors (Lipinski definition) is 2. The van der Waals surface area contributed by atoms with Crippen LogP contribution >= 0.6 is 11.6 Å². The van der Waals surface area contributed by atoms with Crippen molar-refractivity contribution in [1.29, 1.82) is 0 Å². The van der Waals surface area contributed by atoms with Gasteiger partial charge in [0.1, 0.15) is 17.1 Å². The molecule has 0 aromatic heterocycles. The van der Waals surface area contributed by atoms with Crippen LogP contribution in [0, 0.1) is 6.92 Å². The predicted molar refractivity (Wildman–Crippen MR) is 83.7 cm³/mol. The molecule has 0 aliphatic carbocycles. The number of carbonyl (C=O) groups is 2. The SMILES string of the molecule is CCCC(=O)C[C@H]1Cc2cc(C)c(Cl)c(C(=O)O)c2OB1O. The number of halogens is 1. The molecule has 2 N–H and O–H groups in total. The summed E-state index contributed by atoms with van der Waals surface area (Å²) in [5, 5.41) is 19.5. The molecule has 0 saturated carbocycles. The third kappa shape index (κ3) is 3.28. The molecule has 1 aromatic rings. The van der Waals surface area contributed by atoms with Gasteiger partial charge in [-0.2, -0.15) is 0 Å². The van der Waals surface area contributed by atoms with Crippen molar-refractivity contribution in [2.24, 2.45) is 0 Å². The molecule has 0 spiro atoms. The molecule has 5 nitrogen and oxygen atoms in total. The van der Waals surface area contributed by atoms with E-state index in [0.717, 1.165) is 6.42 Å². The van der Waals surface area contributed by atoms with E-state index in [4.69, 9.17) is 16.3 Å². The zero-order valence-corrected chi connectivity index (χ0v) is 13.3. The molecule has 1 aliphatic heterocycles. The first-order chi connectivity index (χ1) is 10.3. The van der Waals surface area contributed by atoms with Crippen LogP contribution in [-0.2, 0) is 11.2 Å². The maximum atomic E-state index is 11.8. The fourth-order valence-electron chi connectivity index (χ4n) is 2.77. The van der Waals surface area contributed by atoms with Crippen molar-refractivity contribution in [1.82, 2.24) is 0 Å². The summed E-state index contributed by atoms with van der Waals surface area (Å²) in [5.41, 5.74) is 1.17. The van der Waals surface area contributed by atoms with Crippen LogP contribution in [0.2, 0.25) is 10.8 Å². The maximum Gasteiger partial charge on any atom is 0.526 e. The molecule has 1 heterocycles. The zero-order chi connectivity index (χ0) is 16.4. The lowest BCUT2D eigenvalue weighted by atomic mass is 9.64. The molecule has 2 rings (SSSR count). The molecule has 1 aliphatic rings. The number of fused-ring (bicyclic) bond motifs is 1. The standard InChI is InChI=1S/C15H18BClO5/c1-3-4-11(18)7-10-6-9-5-8(2)13(17)12(15(19)20)14(9)22-16(10)21/h5,10,21H,3-4,6-7H2,1-2H3,(H,19,20)/t10-/m1/s1. The van der Waals surface area contributed by atoms with Crippen molar-refractivity contribution >= 4 is 30.5 Å². The molecular formula is C15H18BClO5. The third-order valence-electron chi connectivity index (χ3n) is 3.83. The second-order valence-electron chi connectivity index (χ2n) is 5.64. The minimum absolute atomic E-state index is 0.0720. The summed E-state index contributed by atoms with van der Waals surface area (Å²) in [6.07, 6.45) is 1.84. The molecule has 0 saturated heterocycles. The van der Waals surface area contributed by atoms with Crippen LogP contribution in [0.5, 0.6) is 5.75 Å². The molecule has 7 heteroatoms. The molecule has 0 fully saturated rings. The van der Waals surface area contributed by atoms with Gasteiger partial charge in [-0.05, 0) is 30.9 Å². The van der Waals surface area contributed by atoms with Crippen LogP contribution in [0.1, 0.15) is 47.7 Å². The molecule has 0 amide bonds. The monoisotopic (exact) mass is 324 g/mol. The molecule has 1 aromatic carbocycles. The Bertz CT molecular complexity index is 616. The number of Topliss-reactive ketones (excluding diaryl/α,β-unsaturated/α-hetero) is 1. The maximum absolute atomic E-state index is 11.8. The number of carboxylic acids is 1. The van der Waals surface area contributed by atoms with Gasteiger partial charge in [-0.25, -0.2) is 4.79 Å². The lowest BCUT2D eigenvalue weighted by Gasteiger charge is -2.29. The van der Waals surface area contributed by atoms with Crippen molar-refractivity contribution in [2.45, 2.75) is 45.3 Å². The topological polar surface area (TPSA) is 83.8 Å². The highest BCUT2D eigenvalue weighted by atomic mass is 35.5. The first-order valence-electron chi connectivity index (χ1n) is 7.26. The van der Waals surface area contributed by atoms with E-state index < -0.39 is 13.1 Å². The first kappa shape index (κ1) is 16.8. The van der Waals surface area contributed by atoms with Gasteiger partial charge in [-0.1, -0.05) is 24.6 Å². The van der Waals surface area contributed by atoms with Crippen LogP contribution in [-0.4, -0.2) is 29.0 Å². The van der Waals surface area contributed by atoms with Crippen molar-refractivity contribution in [3.8, 4) is 5.75 Å². The van der Waals surface area contributed by atoms with E-state index in [0.29, 0.717) is 24.0 Å². The Morgan fingerprint density at radius 1 is 1.50 bits per heavy atom. The Labute approximate surface area is 134 Å². The van der Waals surface area contributed by atoms with Crippen LogP contribution in [0.25, 0.3) is 0 Å². The van der Waals surface area contributed by atoms with E-state index in [9.17, 15) is 19.7 Å². The Balaban J connectivity index is 2.34. The summed E-state index contributed by atoms with van der Waals surface area (Å²) in [7, 11) is -1.20. The Morgan fingerprint density at radius 2 is 2.18 bits per heavy atom. The first-order valence-corrected chi connectivity index (χ1v) is 7.64. The molecule has 118 valence electrons. The molecular weight excluding hydrogens is 306 g/mol. The number of aromatic carboxylic acids is 1. The van der Waals surface area contributed by atoms with Crippen LogP contribution in [0.4, 0.5) is 0 Å². The van der Waals surface area contributed by atoms with Crippen molar-refractivity contribution in [3.63, 3.8) is 0 Å². The van der Waals surface area contributed by atoms with E-state index in [1.165, 1.54) is 0 Å². The van der Waals surface area contributed by atoms with E-state index >= 15 is 0 Å². The fraction of sp³-hybridized carbons (Fsp3) is 0.467. The summed E-state index contributed by atoms with van der Waals surface area (Å²) in [6, 6.07) is 1.76. The van der Waals surface area contributed by atoms with Crippen LogP contribution in [0.3, 0.4) is 0 Å². The highest BCUT2D eigenvalue weighted by Gasteiger charge is 2.38. The summed E-state index contributed by atoms with van der Waals surface area (Å²) in [4.78, 5) is 23.2. The number of benzene rings is 1. The van der Waals surface area contributed by atoms with Crippen molar-refractivity contribution in [2.75, 3.05) is 0 Å². The van der Waals surface area contributed by atoms with Gasteiger partial charge in [0.15, 0.2) is 0 Å². The fourth-order valence-corrected chi connectivity index (χ4v) is 2.99. The lowest BCUT2D eigenvalue weighted by Crippen LogP contribution is -2.36. The van der Waals surface area contributed by atoms with Gasteiger partial charge in [0, 0.05) is 18.7 Å². The van der Waals surface area contributed by atoms with Crippen molar-refractivity contribution in [3.05, 3.63) is 27.8 Å². The Morgan fingerprint density at radius 3 is 2.77 bits per heavy atom. The average molecular weight is 325 g/mol. The second kappa shape index (κ2) is 6.71. The number of hydrogen-bond acceptors (Lipinski definition) is 4. The van der Waals surface area contributed by atoms with Crippen LogP contribution < -0.4 is 4.65 Å². The van der Waals surface area contributed by atoms with Crippen LogP contribution in [0.15, 0.2) is 6.07 Å². The predicted octanol–water partition coefficient (Wildman–Crippen LogP) is 2.89. The molecule has 22 heavy (non-hydrogen) atoms. The normalized spacial score (nSPS) is 16.9. The molecule has 0 radical (unpaired) electrons. The van der Waals surface area contributed by atoms with Gasteiger partial charge in [0.25, 0.3) is 0 Å². The van der Waals surface area contributed by atoms with Gasteiger partial charge >= 0.3 is 13.1 Å². The molecule has 0 bridgehead atoms. The number of carboxylic acid groups (broad SMARTS) is 1. The number of aryl methyl sites for hydroxylation is 1. The Kier molecular flexibility index (Phi) is 5.14. The van der Waals surface area contributed by atoms with E-state index in [1.54, 1.807) is 13.0 Å². The zero-order valence-electron chi connectivity index (χ0n) is 12.6.